The number of Topliss-reactive ketones (excluding diaryl/α,β-unsaturated/α-hetero) is 1. The van der Waals surface area contributed by atoms with E-state index in [1.54, 1.807) is 43.3 Å². The highest BCUT2D eigenvalue weighted by atomic mass is 16.6. The van der Waals surface area contributed by atoms with Gasteiger partial charge in [-0.1, -0.05) is 60.7 Å². The summed E-state index contributed by atoms with van der Waals surface area (Å²) in [7, 11) is 0. The molecule has 0 spiro atoms. The number of hydrogen-bond donors (Lipinski definition) is 2. The van der Waals surface area contributed by atoms with Crippen LogP contribution < -0.4 is 10.6 Å². The van der Waals surface area contributed by atoms with Crippen LogP contribution in [0, 0.1) is 17.0 Å². The zero-order valence-electron chi connectivity index (χ0n) is 18.6. The Kier molecular flexibility index (Phi) is 5.09. The van der Waals surface area contributed by atoms with E-state index in [2.05, 4.69) is 10.6 Å². The van der Waals surface area contributed by atoms with Crippen LogP contribution in [-0.4, -0.2) is 16.6 Å². The number of rotatable bonds is 4. The number of para-hydroxylation sites is 2. The topological polar surface area (TPSA) is 101 Å². The highest BCUT2D eigenvalue weighted by Crippen LogP contribution is 2.48. The number of nitrogens with one attached hydrogen (secondary N) is 2. The van der Waals surface area contributed by atoms with E-state index in [1.807, 2.05) is 37.3 Å². The number of carbonyl (C=O) groups excluding carboxylic acids is 2. The zero-order valence-corrected chi connectivity index (χ0v) is 18.6. The molecule has 0 aromatic heterocycles. The number of allylic oxidation sites excluding steroid dienone is 2. The van der Waals surface area contributed by atoms with Crippen LogP contribution in [0.1, 0.15) is 39.9 Å². The highest BCUT2D eigenvalue weighted by molar-refractivity contribution is 6.24. The molecule has 3 aromatic carbocycles. The van der Waals surface area contributed by atoms with E-state index in [0.717, 1.165) is 11.1 Å². The molecule has 7 heteroatoms. The Morgan fingerprint density at radius 2 is 1.59 bits per heavy atom. The molecule has 0 unspecified atom stereocenters. The van der Waals surface area contributed by atoms with E-state index in [1.165, 1.54) is 6.07 Å². The first kappa shape index (κ1) is 21.3. The number of amides is 1. The quantitative estimate of drug-likeness (QED) is 0.424. The van der Waals surface area contributed by atoms with Gasteiger partial charge in [0, 0.05) is 45.3 Å². The van der Waals surface area contributed by atoms with E-state index in [9.17, 15) is 19.7 Å². The van der Waals surface area contributed by atoms with Crippen molar-refractivity contribution >= 4 is 28.8 Å². The minimum absolute atomic E-state index is 0.140. The summed E-state index contributed by atoms with van der Waals surface area (Å²) in [5.74, 6) is -1.56. The van der Waals surface area contributed by atoms with E-state index in [0.29, 0.717) is 33.8 Å². The Bertz CT molecular complexity index is 1450. The lowest BCUT2D eigenvalue weighted by molar-refractivity contribution is -0.385. The van der Waals surface area contributed by atoms with Crippen molar-refractivity contribution in [3.8, 4) is 0 Å². The van der Waals surface area contributed by atoms with Crippen LogP contribution in [0.15, 0.2) is 89.6 Å². The zero-order chi connectivity index (χ0) is 24.0. The number of carbonyl (C=O) groups is 2. The smallest absolute Gasteiger partial charge is 0.273 e. The van der Waals surface area contributed by atoms with E-state index in [4.69, 9.17) is 0 Å². The Labute approximate surface area is 196 Å². The molecule has 7 nitrogen and oxygen atoms in total. The summed E-state index contributed by atoms with van der Waals surface area (Å²) in [6.07, 6.45) is 0. The van der Waals surface area contributed by atoms with Gasteiger partial charge in [-0.3, -0.25) is 19.7 Å². The molecule has 1 aliphatic carbocycles. The molecule has 168 valence electrons. The van der Waals surface area contributed by atoms with Crippen LogP contribution in [0.5, 0.6) is 0 Å². The fourth-order valence-electron chi connectivity index (χ4n) is 4.74. The Morgan fingerprint density at radius 1 is 0.941 bits per heavy atom. The number of aryl methyl sites for hydroxylation is 1. The summed E-state index contributed by atoms with van der Waals surface area (Å²) >= 11 is 0. The summed E-state index contributed by atoms with van der Waals surface area (Å²) < 4.78 is 0. The maximum atomic E-state index is 13.7. The molecular formula is C27H21N3O4. The summed E-state index contributed by atoms with van der Waals surface area (Å²) in [5, 5.41) is 18.1. The largest absolute Gasteiger partial charge is 0.358 e. The van der Waals surface area contributed by atoms with Crippen molar-refractivity contribution in [3.05, 3.63) is 122 Å². The normalized spacial score (nSPS) is 16.6. The van der Waals surface area contributed by atoms with Gasteiger partial charge in [-0.2, -0.15) is 0 Å². The molecule has 0 radical (unpaired) electrons. The lowest BCUT2D eigenvalue weighted by Crippen LogP contribution is -2.31. The molecule has 0 saturated heterocycles. The molecular weight excluding hydrogens is 430 g/mol. The second kappa shape index (κ2) is 8.12. The number of dihydropyridines is 1. The van der Waals surface area contributed by atoms with Crippen molar-refractivity contribution in [1.82, 2.24) is 5.32 Å². The third-order valence-corrected chi connectivity index (χ3v) is 6.33. The first-order valence-electron chi connectivity index (χ1n) is 10.8. The lowest BCUT2D eigenvalue weighted by atomic mass is 9.78. The summed E-state index contributed by atoms with van der Waals surface area (Å²) in [4.78, 5) is 38.7. The van der Waals surface area contributed by atoms with E-state index < -0.39 is 16.7 Å². The molecule has 2 aliphatic rings. The van der Waals surface area contributed by atoms with Crippen molar-refractivity contribution in [1.29, 1.82) is 0 Å². The molecule has 34 heavy (non-hydrogen) atoms. The first-order valence-corrected chi connectivity index (χ1v) is 10.8. The molecule has 1 amide bonds. The van der Waals surface area contributed by atoms with Crippen LogP contribution in [0.25, 0.3) is 5.70 Å². The van der Waals surface area contributed by atoms with Gasteiger partial charge in [-0.05, 0) is 25.5 Å². The van der Waals surface area contributed by atoms with Crippen molar-refractivity contribution in [2.75, 3.05) is 5.32 Å². The van der Waals surface area contributed by atoms with Crippen molar-refractivity contribution in [2.45, 2.75) is 19.8 Å². The summed E-state index contributed by atoms with van der Waals surface area (Å²) in [6.45, 7) is 3.64. The SMILES string of the molecule is CC1=C(C(=O)Nc2ccccc2C)[C@H](c2ccccc2[N+](=O)[O-])C2=C(N1)c1ccccc1C2=O. The van der Waals surface area contributed by atoms with Gasteiger partial charge >= 0.3 is 0 Å². The average Bonchev–Trinajstić information content (AvgIpc) is 3.11. The molecule has 1 heterocycles. The minimum atomic E-state index is -0.901. The van der Waals surface area contributed by atoms with Crippen LogP contribution in [0.4, 0.5) is 11.4 Å². The number of anilines is 1. The van der Waals surface area contributed by atoms with Gasteiger partial charge in [-0.15, -0.1) is 0 Å². The number of hydrogen-bond acceptors (Lipinski definition) is 5. The maximum absolute atomic E-state index is 13.7. The number of ketones is 1. The van der Waals surface area contributed by atoms with Crippen molar-refractivity contribution in [3.63, 3.8) is 0 Å². The molecule has 0 saturated carbocycles. The van der Waals surface area contributed by atoms with Gasteiger partial charge in [0.15, 0.2) is 5.78 Å². The third kappa shape index (κ3) is 3.29. The highest BCUT2D eigenvalue weighted by Gasteiger charge is 2.44. The molecule has 2 N–H and O–H groups in total. The number of nitro groups is 1. The molecule has 1 aliphatic heterocycles. The second-order valence-corrected chi connectivity index (χ2v) is 8.35. The standard InChI is InChI=1S/C27H21N3O4/c1-15-9-3-7-13-20(15)29-27(32)22-16(2)28-25-17-10-4-5-11-18(17)26(31)24(25)23(22)19-12-6-8-14-21(19)30(33)34/h3-14,23,28H,1-2H3,(H,29,32)/t23-/m0/s1. The Balaban J connectivity index is 1.70. The molecule has 0 fully saturated rings. The van der Waals surface area contributed by atoms with Gasteiger partial charge in [0.1, 0.15) is 0 Å². The number of benzene rings is 3. The molecule has 0 bridgehead atoms. The average molecular weight is 451 g/mol. The van der Waals surface area contributed by atoms with E-state index in [-0.39, 0.29) is 17.0 Å². The molecule has 1 atom stereocenters. The predicted molar refractivity (Wildman–Crippen MR) is 129 cm³/mol. The van der Waals surface area contributed by atoms with Crippen molar-refractivity contribution in [2.24, 2.45) is 0 Å². The van der Waals surface area contributed by atoms with Gasteiger partial charge in [-0.25, -0.2) is 0 Å². The fourth-order valence-corrected chi connectivity index (χ4v) is 4.74. The van der Waals surface area contributed by atoms with Gasteiger partial charge in [0.25, 0.3) is 11.6 Å². The van der Waals surface area contributed by atoms with Crippen LogP contribution in [0.3, 0.4) is 0 Å². The first-order chi connectivity index (χ1) is 16.4. The Morgan fingerprint density at radius 3 is 2.32 bits per heavy atom. The second-order valence-electron chi connectivity index (χ2n) is 8.35. The van der Waals surface area contributed by atoms with E-state index >= 15 is 0 Å². The van der Waals surface area contributed by atoms with Crippen LogP contribution in [0.2, 0.25) is 0 Å². The lowest BCUT2D eigenvalue weighted by Gasteiger charge is -2.29. The monoisotopic (exact) mass is 451 g/mol. The van der Waals surface area contributed by atoms with Gasteiger partial charge in [0.05, 0.1) is 16.5 Å². The summed E-state index contributed by atoms with van der Waals surface area (Å²) in [5.41, 5.74) is 4.66. The predicted octanol–water partition coefficient (Wildman–Crippen LogP) is 5.11. The number of fused-ring (bicyclic) bond motifs is 2. The third-order valence-electron chi connectivity index (χ3n) is 6.33. The molecule has 5 rings (SSSR count). The minimum Gasteiger partial charge on any atom is -0.358 e. The summed E-state index contributed by atoms with van der Waals surface area (Å²) in [6, 6.07) is 20.8. The number of nitrogens with zero attached hydrogens (tertiary/aromatic N) is 1. The van der Waals surface area contributed by atoms with Gasteiger partial charge < -0.3 is 10.6 Å². The van der Waals surface area contributed by atoms with Crippen molar-refractivity contribution < 1.29 is 14.5 Å². The van der Waals surface area contributed by atoms with Crippen LogP contribution >= 0.6 is 0 Å². The van der Waals surface area contributed by atoms with Crippen LogP contribution in [-0.2, 0) is 4.79 Å². The number of nitro benzene ring substituents is 1. The van der Waals surface area contributed by atoms with Gasteiger partial charge in [0.2, 0.25) is 0 Å². The maximum Gasteiger partial charge on any atom is 0.273 e. The Hall–Kier alpha value is -4.52. The molecule has 3 aromatic rings. The fraction of sp³-hybridized carbons (Fsp3) is 0.111.